The zero-order valence-corrected chi connectivity index (χ0v) is 15.6. The molecule has 0 heterocycles. The number of methoxy groups -OCH3 is 1. The van der Waals surface area contributed by atoms with Crippen molar-refractivity contribution in [1.29, 1.82) is 0 Å². The van der Waals surface area contributed by atoms with Crippen molar-refractivity contribution in [1.82, 2.24) is 5.32 Å². The third kappa shape index (κ3) is 4.99. The van der Waals surface area contributed by atoms with E-state index < -0.39 is 6.10 Å². The molecule has 2 aromatic carbocycles. The first-order valence-electron chi connectivity index (χ1n) is 8.62. The molecule has 1 amide bonds. The van der Waals surface area contributed by atoms with E-state index in [4.69, 9.17) is 9.47 Å². The fourth-order valence-corrected chi connectivity index (χ4v) is 2.60. The molecule has 1 N–H and O–H groups in total. The molecule has 4 nitrogen and oxygen atoms in total. The second-order valence-corrected chi connectivity index (χ2v) is 6.25. The molecule has 2 rings (SSSR count). The van der Waals surface area contributed by atoms with Crippen LogP contribution in [0.15, 0.2) is 42.5 Å². The van der Waals surface area contributed by atoms with E-state index in [0.717, 1.165) is 17.7 Å². The molecule has 2 aromatic rings. The van der Waals surface area contributed by atoms with Crippen LogP contribution in [0.1, 0.15) is 43.0 Å². The van der Waals surface area contributed by atoms with Gasteiger partial charge in [0.25, 0.3) is 5.91 Å². The number of carbonyl (C=O) groups is 1. The number of nitrogens with one attached hydrogen (secondary N) is 1. The molecule has 0 unspecified atom stereocenters. The smallest absolute Gasteiger partial charge is 0.261 e. The Morgan fingerprint density at radius 2 is 1.68 bits per heavy atom. The average molecular weight is 341 g/mol. The summed E-state index contributed by atoms with van der Waals surface area (Å²) in [4.78, 5) is 12.5. The van der Waals surface area contributed by atoms with Crippen LogP contribution in [0.3, 0.4) is 0 Å². The SMILES string of the molecule is CC[C@H](NC(=O)[C@H](C)Oc1ccc(OC)cc1)c1ccc(C)c(C)c1. The molecule has 0 saturated carbocycles. The molecule has 25 heavy (non-hydrogen) atoms. The third-order valence-electron chi connectivity index (χ3n) is 4.40. The summed E-state index contributed by atoms with van der Waals surface area (Å²) in [6.07, 6.45) is 0.248. The zero-order valence-electron chi connectivity index (χ0n) is 15.6. The average Bonchev–Trinajstić information content (AvgIpc) is 2.62. The largest absolute Gasteiger partial charge is 0.497 e. The van der Waals surface area contributed by atoms with E-state index in [1.54, 1.807) is 26.2 Å². The molecule has 0 bridgehead atoms. The van der Waals surface area contributed by atoms with Crippen molar-refractivity contribution in [3.8, 4) is 11.5 Å². The minimum Gasteiger partial charge on any atom is -0.497 e. The van der Waals surface area contributed by atoms with Gasteiger partial charge in [0.2, 0.25) is 0 Å². The molecular formula is C21H27NO3. The topological polar surface area (TPSA) is 47.6 Å². The van der Waals surface area contributed by atoms with Crippen LogP contribution in [-0.4, -0.2) is 19.1 Å². The Bertz CT molecular complexity index is 710. The molecule has 0 aliphatic heterocycles. The lowest BCUT2D eigenvalue weighted by Gasteiger charge is -2.21. The predicted octanol–water partition coefficient (Wildman–Crippen LogP) is 4.35. The Hall–Kier alpha value is -2.49. The highest BCUT2D eigenvalue weighted by atomic mass is 16.5. The molecule has 0 fully saturated rings. The van der Waals surface area contributed by atoms with Gasteiger partial charge in [-0.05, 0) is 68.1 Å². The second-order valence-electron chi connectivity index (χ2n) is 6.25. The summed E-state index contributed by atoms with van der Waals surface area (Å²) in [6.45, 7) is 7.99. The highest BCUT2D eigenvalue weighted by molar-refractivity contribution is 5.81. The molecule has 134 valence electrons. The fourth-order valence-electron chi connectivity index (χ4n) is 2.60. The monoisotopic (exact) mass is 341 g/mol. The molecule has 0 aliphatic rings. The first-order valence-corrected chi connectivity index (χ1v) is 8.62. The van der Waals surface area contributed by atoms with Gasteiger partial charge in [0, 0.05) is 0 Å². The standard InChI is InChI=1S/C21H27NO3/c1-6-20(17-8-7-14(2)15(3)13-17)22-21(23)16(4)25-19-11-9-18(24-5)10-12-19/h7-13,16,20H,6H2,1-5H3,(H,22,23)/t16-,20-/m0/s1. The number of hydrogen-bond donors (Lipinski definition) is 1. The lowest BCUT2D eigenvalue weighted by Crippen LogP contribution is -2.38. The molecule has 2 atom stereocenters. The number of benzene rings is 2. The van der Waals surface area contributed by atoms with E-state index in [1.165, 1.54) is 11.1 Å². The molecule has 0 aliphatic carbocycles. The van der Waals surface area contributed by atoms with E-state index >= 15 is 0 Å². The molecule has 0 spiro atoms. The predicted molar refractivity (Wildman–Crippen MR) is 100 cm³/mol. The van der Waals surface area contributed by atoms with Gasteiger partial charge in [-0.25, -0.2) is 0 Å². The van der Waals surface area contributed by atoms with Gasteiger partial charge in [0.1, 0.15) is 11.5 Å². The van der Waals surface area contributed by atoms with Crippen LogP contribution < -0.4 is 14.8 Å². The van der Waals surface area contributed by atoms with Crippen LogP contribution >= 0.6 is 0 Å². The van der Waals surface area contributed by atoms with Gasteiger partial charge >= 0.3 is 0 Å². The highest BCUT2D eigenvalue weighted by Crippen LogP contribution is 2.21. The van der Waals surface area contributed by atoms with Crippen molar-refractivity contribution in [2.24, 2.45) is 0 Å². The van der Waals surface area contributed by atoms with Gasteiger partial charge in [0.05, 0.1) is 13.2 Å². The van der Waals surface area contributed by atoms with Crippen molar-refractivity contribution in [3.63, 3.8) is 0 Å². The van der Waals surface area contributed by atoms with Crippen molar-refractivity contribution >= 4 is 5.91 Å². The van der Waals surface area contributed by atoms with Crippen LogP contribution in [0.5, 0.6) is 11.5 Å². The van der Waals surface area contributed by atoms with Crippen molar-refractivity contribution in [2.75, 3.05) is 7.11 Å². The molecule has 0 aromatic heterocycles. The number of amides is 1. The van der Waals surface area contributed by atoms with Gasteiger partial charge in [-0.3, -0.25) is 4.79 Å². The Kier molecular flexibility index (Phi) is 6.45. The Balaban J connectivity index is 2.01. The van der Waals surface area contributed by atoms with Crippen LogP contribution in [0.25, 0.3) is 0 Å². The molecule has 0 saturated heterocycles. The maximum atomic E-state index is 12.5. The van der Waals surface area contributed by atoms with Crippen LogP contribution in [-0.2, 0) is 4.79 Å². The third-order valence-corrected chi connectivity index (χ3v) is 4.40. The summed E-state index contributed by atoms with van der Waals surface area (Å²) >= 11 is 0. The van der Waals surface area contributed by atoms with E-state index in [1.807, 2.05) is 12.1 Å². The minimum absolute atomic E-state index is 0.0197. The lowest BCUT2D eigenvalue weighted by atomic mass is 9.99. The minimum atomic E-state index is -0.575. The van der Waals surface area contributed by atoms with E-state index in [-0.39, 0.29) is 11.9 Å². The highest BCUT2D eigenvalue weighted by Gasteiger charge is 2.19. The summed E-state index contributed by atoms with van der Waals surface area (Å²) in [5.74, 6) is 1.27. The number of aryl methyl sites for hydroxylation is 2. The van der Waals surface area contributed by atoms with Gasteiger partial charge in [0.15, 0.2) is 6.10 Å². The number of carbonyl (C=O) groups excluding carboxylic acids is 1. The summed E-state index contributed by atoms with van der Waals surface area (Å²) in [6, 6.07) is 13.5. The summed E-state index contributed by atoms with van der Waals surface area (Å²) in [5, 5.41) is 3.08. The Morgan fingerprint density at radius 1 is 1.04 bits per heavy atom. The summed E-state index contributed by atoms with van der Waals surface area (Å²) < 4.78 is 10.9. The lowest BCUT2D eigenvalue weighted by molar-refractivity contribution is -0.128. The van der Waals surface area contributed by atoms with Crippen molar-refractivity contribution in [2.45, 2.75) is 46.3 Å². The quantitative estimate of drug-likeness (QED) is 0.814. The van der Waals surface area contributed by atoms with Crippen LogP contribution in [0, 0.1) is 13.8 Å². The van der Waals surface area contributed by atoms with E-state index in [0.29, 0.717) is 5.75 Å². The normalized spacial score (nSPS) is 13.0. The van der Waals surface area contributed by atoms with Crippen LogP contribution in [0.4, 0.5) is 0 Å². The summed E-state index contributed by atoms with van der Waals surface area (Å²) in [5.41, 5.74) is 3.60. The van der Waals surface area contributed by atoms with E-state index in [9.17, 15) is 4.79 Å². The fraction of sp³-hybridized carbons (Fsp3) is 0.381. The van der Waals surface area contributed by atoms with Crippen molar-refractivity contribution in [3.05, 3.63) is 59.2 Å². The molecular weight excluding hydrogens is 314 g/mol. The van der Waals surface area contributed by atoms with Gasteiger partial charge in [-0.2, -0.15) is 0 Å². The second kappa shape index (κ2) is 8.56. The van der Waals surface area contributed by atoms with Gasteiger partial charge in [-0.1, -0.05) is 25.1 Å². The first-order chi connectivity index (χ1) is 11.9. The molecule has 0 radical (unpaired) electrons. The van der Waals surface area contributed by atoms with Gasteiger partial charge in [-0.15, -0.1) is 0 Å². The summed E-state index contributed by atoms with van der Waals surface area (Å²) in [7, 11) is 1.61. The first kappa shape index (κ1) is 18.8. The molecule has 4 heteroatoms. The number of ether oxygens (including phenoxy) is 2. The Labute approximate surface area is 150 Å². The number of rotatable bonds is 7. The maximum absolute atomic E-state index is 12.5. The maximum Gasteiger partial charge on any atom is 0.261 e. The zero-order chi connectivity index (χ0) is 18.4. The van der Waals surface area contributed by atoms with Crippen LogP contribution in [0.2, 0.25) is 0 Å². The van der Waals surface area contributed by atoms with Crippen molar-refractivity contribution < 1.29 is 14.3 Å². The Morgan fingerprint density at radius 3 is 2.24 bits per heavy atom. The van der Waals surface area contributed by atoms with E-state index in [2.05, 4.69) is 44.3 Å². The van der Waals surface area contributed by atoms with Gasteiger partial charge < -0.3 is 14.8 Å². The number of hydrogen-bond acceptors (Lipinski definition) is 3.